The molecule has 0 bridgehead atoms. The highest BCUT2D eigenvalue weighted by Gasteiger charge is 2.23. The fourth-order valence-corrected chi connectivity index (χ4v) is 3.32. The summed E-state index contributed by atoms with van der Waals surface area (Å²) >= 11 is 0. The molecule has 1 unspecified atom stereocenters. The molecule has 2 rings (SSSR count). The van der Waals surface area contributed by atoms with Crippen molar-refractivity contribution in [3.8, 4) is 0 Å². The Morgan fingerprint density at radius 3 is 2.52 bits per heavy atom. The molecule has 1 aromatic carbocycles. The molecule has 7 nitrogen and oxygen atoms in total. The predicted octanol–water partition coefficient (Wildman–Crippen LogP) is 3.51. The molecule has 2 N–H and O–H groups in total. The Hall–Kier alpha value is -2.12. The number of hydrogen-bond acceptors (Lipinski definition) is 5. The van der Waals surface area contributed by atoms with E-state index in [1.54, 1.807) is 45.0 Å². The third-order valence-electron chi connectivity index (χ3n) is 4.57. The van der Waals surface area contributed by atoms with Crippen molar-refractivity contribution in [1.29, 1.82) is 0 Å². The minimum Gasteiger partial charge on any atom is -0.444 e. The lowest BCUT2D eigenvalue weighted by Crippen LogP contribution is -2.49. The normalized spacial score (nSPS) is 16.3. The van der Waals surface area contributed by atoms with Crippen LogP contribution in [0.2, 0.25) is 0 Å². The lowest BCUT2D eigenvalue weighted by atomic mass is 10.0. The van der Waals surface area contributed by atoms with E-state index in [-0.39, 0.29) is 11.9 Å². The molecular formula is C22H35N3O4. The van der Waals surface area contributed by atoms with E-state index in [2.05, 4.69) is 29.4 Å². The molecule has 1 aromatic rings. The summed E-state index contributed by atoms with van der Waals surface area (Å²) in [7, 11) is 0. The molecule has 0 aliphatic carbocycles. The van der Waals surface area contributed by atoms with E-state index in [1.807, 2.05) is 0 Å². The lowest BCUT2D eigenvalue weighted by molar-refractivity contribution is 0.0124. The fourth-order valence-electron chi connectivity index (χ4n) is 3.32. The van der Waals surface area contributed by atoms with E-state index < -0.39 is 11.7 Å². The molecule has 162 valence electrons. The zero-order valence-electron chi connectivity index (χ0n) is 18.3. The highest BCUT2D eigenvalue weighted by atomic mass is 16.6. The summed E-state index contributed by atoms with van der Waals surface area (Å²) in [5, 5.41) is 5.73. The quantitative estimate of drug-likeness (QED) is 0.726. The molecule has 1 atom stereocenters. The van der Waals surface area contributed by atoms with Gasteiger partial charge in [-0.1, -0.05) is 19.9 Å². The average molecular weight is 406 g/mol. The molecule has 1 fully saturated rings. The van der Waals surface area contributed by atoms with Gasteiger partial charge in [-0.25, -0.2) is 4.79 Å². The minimum absolute atomic E-state index is 0.153. The first-order valence-corrected chi connectivity index (χ1v) is 10.3. The Kier molecular flexibility index (Phi) is 8.46. The minimum atomic E-state index is -0.579. The van der Waals surface area contributed by atoms with Gasteiger partial charge < -0.3 is 14.8 Å². The molecular weight excluding hydrogens is 370 g/mol. The standard InChI is InChI=1S/C22H35N3O4/c1-16(2)13-19(25-9-11-28-12-10-25)15-23-20(26)17-7-6-8-18(14-17)24-21(27)29-22(3,4)5/h6-8,14,16,19H,9-13,15H2,1-5H3,(H,23,26)(H,24,27). The molecule has 0 radical (unpaired) electrons. The summed E-state index contributed by atoms with van der Waals surface area (Å²) in [5.74, 6) is 0.390. The number of ether oxygens (including phenoxy) is 2. The van der Waals surface area contributed by atoms with Gasteiger partial charge in [0.25, 0.3) is 5.91 Å². The van der Waals surface area contributed by atoms with Crippen molar-refractivity contribution < 1.29 is 19.1 Å². The number of rotatable bonds is 7. The van der Waals surface area contributed by atoms with Gasteiger partial charge in [0.2, 0.25) is 0 Å². The maximum Gasteiger partial charge on any atom is 0.412 e. The van der Waals surface area contributed by atoms with E-state index in [0.29, 0.717) is 23.7 Å². The largest absolute Gasteiger partial charge is 0.444 e. The van der Waals surface area contributed by atoms with Crippen LogP contribution in [-0.2, 0) is 9.47 Å². The van der Waals surface area contributed by atoms with Crippen molar-refractivity contribution in [3.63, 3.8) is 0 Å². The van der Waals surface area contributed by atoms with E-state index in [1.165, 1.54) is 0 Å². The topological polar surface area (TPSA) is 79.9 Å². The number of benzene rings is 1. The van der Waals surface area contributed by atoms with Crippen molar-refractivity contribution >= 4 is 17.7 Å². The number of hydrogen-bond donors (Lipinski definition) is 2. The summed E-state index contributed by atoms with van der Waals surface area (Å²) in [6.45, 7) is 13.6. The highest BCUT2D eigenvalue weighted by Crippen LogP contribution is 2.15. The van der Waals surface area contributed by atoms with Crippen LogP contribution >= 0.6 is 0 Å². The summed E-state index contributed by atoms with van der Waals surface area (Å²) in [6.07, 6.45) is 0.472. The van der Waals surface area contributed by atoms with Gasteiger partial charge in [-0.15, -0.1) is 0 Å². The molecule has 29 heavy (non-hydrogen) atoms. The van der Waals surface area contributed by atoms with E-state index >= 15 is 0 Å². The van der Waals surface area contributed by atoms with Gasteiger partial charge in [0.05, 0.1) is 13.2 Å². The van der Waals surface area contributed by atoms with Gasteiger partial charge in [0.15, 0.2) is 0 Å². The Morgan fingerprint density at radius 1 is 1.21 bits per heavy atom. The molecule has 0 aromatic heterocycles. The van der Waals surface area contributed by atoms with Crippen molar-refractivity contribution in [2.45, 2.75) is 52.7 Å². The Labute approximate surface area is 174 Å². The number of amides is 2. The molecule has 0 saturated carbocycles. The van der Waals surface area contributed by atoms with Crippen molar-refractivity contribution in [2.75, 3.05) is 38.2 Å². The van der Waals surface area contributed by atoms with E-state index in [9.17, 15) is 9.59 Å². The van der Waals surface area contributed by atoms with Crippen LogP contribution in [-0.4, -0.2) is 61.4 Å². The predicted molar refractivity (Wildman–Crippen MR) is 114 cm³/mol. The fraction of sp³-hybridized carbons (Fsp3) is 0.636. The van der Waals surface area contributed by atoms with Crippen molar-refractivity contribution in [1.82, 2.24) is 10.2 Å². The number of nitrogens with zero attached hydrogens (tertiary/aromatic N) is 1. The summed E-state index contributed by atoms with van der Waals surface area (Å²) in [6, 6.07) is 7.16. The molecule has 0 spiro atoms. The Balaban J connectivity index is 1.95. The van der Waals surface area contributed by atoms with Gasteiger partial charge >= 0.3 is 6.09 Å². The first-order valence-electron chi connectivity index (χ1n) is 10.3. The molecule has 7 heteroatoms. The smallest absolute Gasteiger partial charge is 0.412 e. The van der Waals surface area contributed by atoms with Gasteiger partial charge in [-0.05, 0) is 51.3 Å². The third kappa shape index (κ3) is 8.41. The molecule has 1 saturated heterocycles. The average Bonchev–Trinajstić information content (AvgIpc) is 2.64. The van der Waals surface area contributed by atoms with Crippen molar-refractivity contribution in [2.24, 2.45) is 5.92 Å². The highest BCUT2D eigenvalue weighted by molar-refractivity contribution is 5.96. The molecule has 1 aliphatic heterocycles. The maximum atomic E-state index is 12.7. The van der Waals surface area contributed by atoms with Crippen LogP contribution in [0.3, 0.4) is 0 Å². The van der Waals surface area contributed by atoms with Crippen LogP contribution in [0.4, 0.5) is 10.5 Å². The zero-order chi connectivity index (χ0) is 21.4. The van der Waals surface area contributed by atoms with Crippen LogP contribution in [0.5, 0.6) is 0 Å². The number of carbonyl (C=O) groups excluding carboxylic acids is 2. The third-order valence-corrected chi connectivity index (χ3v) is 4.57. The van der Waals surface area contributed by atoms with Crippen LogP contribution in [0.25, 0.3) is 0 Å². The lowest BCUT2D eigenvalue weighted by Gasteiger charge is -2.35. The Bertz CT molecular complexity index is 679. The molecule has 1 heterocycles. The monoisotopic (exact) mass is 405 g/mol. The number of anilines is 1. The zero-order valence-corrected chi connectivity index (χ0v) is 18.3. The SMILES string of the molecule is CC(C)CC(CNC(=O)c1cccc(NC(=O)OC(C)(C)C)c1)N1CCOCC1. The van der Waals surface area contributed by atoms with E-state index in [4.69, 9.17) is 9.47 Å². The first-order chi connectivity index (χ1) is 13.6. The summed E-state index contributed by atoms with van der Waals surface area (Å²) in [5.41, 5.74) is 0.451. The van der Waals surface area contributed by atoms with E-state index in [0.717, 1.165) is 32.7 Å². The second kappa shape index (κ2) is 10.6. The van der Waals surface area contributed by atoms with Gasteiger partial charge in [0.1, 0.15) is 5.60 Å². The number of nitrogens with one attached hydrogen (secondary N) is 2. The molecule has 1 aliphatic rings. The van der Waals surface area contributed by atoms with Crippen molar-refractivity contribution in [3.05, 3.63) is 29.8 Å². The summed E-state index contributed by atoms with van der Waals surface area (Å²) in [4.78, 5) is 27.0. The van der Waals surface area contributed by atoms with Gasteiger partial charge in [0, 0.05) is 36.9 Å². The van der Waals surface area contributed by atoms with Crippen LogP contribution in [0.1, 0.15) is 51.4 Å². The van der Waals surface area contributed by atoms with Crippen LogP contribution in [0.15, 0.2) is 24.3 Å². The maximum absolute atomic E-state index is 12.7. The second-order valence-electron chi connectivity index (χ2n) is 8.85. The molecule has 2 amide bonds. The van der Waals surface area contributed by atoms with Gasteiger partial charge in [-0.3, -0.25) is 15.0 Å². The van der Waals surface area contributed by atoms with Crippen LogP contribution in [0, 0.1) is 5.92 Å². The van der Waals surface area contributed by atoms with Crippen LogP contribution < -0.4 is 10.6 Å². The number of carbonyl (C=O) groups is 2. The van der Waals surface area contributed by atoms with Gasteiger partial charge in [-0.2, -0.15) is 0 Å². The first kappa shape index (κ1) is 23.2. The Morgan fingerprint density at radius 2 is 1.90 bits per heavy atom. The second-order valence-corrected chi connectivity index (χ2v) is 8.85. The number of morpholine rings is 1. The summed E-state index contributed by atoms with van der Waals surface area (Å²) < 4.78 is 10.7.